The van der Waals surface area contributed by atoms with Crippen molar-refractivity contribution >= 4 is 33.3 Å². The normalized spacial score (nSPS) is 11.2. The van der Waals surface area contributed by atoms with E-state index in [1.807, 2.05) is 10.8 Å². The predicted molar refractivity (Wildman–Crippen MR) is 79.8 cm³/mol. The van der Waals surface area contributed by atoms with Crippen LogP contribution in [-0.4, -0.2) is 14.3 Å². The summed E-state index contributed by atoms with van der Waals surface area (Å²) in [6.07, 6.45) is 2.56. The minimum atomic E-state index is -3.82. The summed E-state index contributed by atoms with van der Waals surface area (Å²) < 4.78 is 25.7. The van der Waals surface area contributed by atoms with E-state index in [0.29, 0.717) is 11.1 Å². The largest absolute Gasteiger partial charge is 0.273 e. The molecule has 0 radical (unpaired) electrons. The van der Waals surface area contributed by atoms with E-state index < -0.39 is 15.9 Å². The third-order valence-electron chi connectivity index (χ3n) is 2.44. The maximum atomic E-state index is 11.8. The van der Waals surface area contributed by atoms with E-state index in [1.165, 1.54) is 12.1 Å². The molecule has 1 heterocycles. The number of carbonyl (C=O) groups is 1. The average Bonchev–Trinajstić information content (AvgIpc) is 3.00. The fourth-order valence-electron chi connectivity index (χ4n) is 1.52. The highest BCUT2D eigenvalue weighted by molar-refractivity contribution is 7.92. The Morgan fingerprint density at radius 1 is 1.29 bits per heavy atom. The minimum absolute atomic E-state index is 0.0794. The smallest absolute Gasteiger partial charge is 0.269 e. The summed E-state index contributed by atoms with van der Waals surface area (Å²) in [4.78, 5) is 11.6. The van der Waals surface area contributed by atoms with Crippen molar-refractivity contribution < 1.29 is 13.2 Å². The fraction of sp³-hybridized carbons (Fsp3) is 0. The van der Waals surface area contributed by atoms with Gasteiger partial charge in [0, 0.05) is 6.08 Å². The number of hydrogen-bond donors (Lipinski definition) is 1. The second-order valence-corrected chi connectivity index (χ2v) is 6.83. The Kier molecular flexibility index (Phi) is 4.52. The first-order chi connectivity index (χ1) is 10.0. The standard InChI is InChI=1S/C14H10N2O3S2/c15-10-12-4-1-3-11(9-12)6-7-13(17)16-21(18,19)14-5-2-8-20-14/h1-9H,(H,16,17)/b7-6+. The van der Waals surface area contributed by atoms with Gasteiger partial charge in [0.25, 0.3) is 15.9 Å². The number of sulfonamides is 1. The zero-order valence-electron chi connectivity index (χ0n) is 10.7. The topological polar surface area (TPSA) is 87.0 Å². The van der Waals surface area contributed by atoms with Crippen LogP contribution in [-0.2, 0) is 14.8 Å². The Balaban J connectivity index is 2.08. The van der Waals surface area contributed by atoms with Crippen LogP contribution in [0.4, 0.5) is 0 Å². The van der Waals surface area contributed by atoms with Gasteiger partial charge in [-0.2, -0.15) is 5.26 Å². The van der Waals surface area contributed by atoms with Gasteiger partial charge < -0.3 is 0 Å². The van der Waals surface area contributed by atoms with Crippen LogP contribution in [0.5, 0.6) is 0 Å². The van der Waals surface area contributed by atoms with E-state index in [9.17, 15) is 13.2 Å². The van der Waals surface area contributed by atoms with Gasteiger partial charge in [0.1, 0.15) is 4.21 Å². The van der Waals surface area contributed by atoms with Crippen molar-refractivity contribution in [3.8, 4) is 6.07 Å². The lowest BCUT2D eigenvalue weighted by Gasteiger charge is -2.01. The van der Waals surface area contributed by atoms with Crippen molar-refractivity contribution in [2.45, 2.75) is 4.21 Å². The Morgan fingerprint density at radius 2 is 2.10 bits per heavy atom. The molecule has 106 valence electrons. The number of amides is 1. The van der Waals surface area contributed by atoms with Crippen LogP contribution in [0.25, 0.3) is 6.08 Å². The van der Waals surface area contributed by atoms with Crippen LogP contribution in [0.3, 0.4) is 0 Å². The molecule has 2 rings (SSSR count). The molecule has 0 fully saturated rings. The lowest BCUT2D eigenvalue weighted by Crippen LogP contribution is -2.28. The Labute approximate surface area is 126 Å². The minimum Gasteiger partial charge on any atom is -0.269 e. The van der Waals surface area contributed by atoms with E-state index >= 15 is 0 Å². The zero-order valence-corrected chi connectivity index (χ0v) is 12.3. The Bertz CT molecular complexity index is 816. The van der Waals surface area contributed by atoms with Gasteiger partial charge in [0.2, 0.25) is 0 Å². The summed E-state index contributed by atoms with van der Waals surface area (Å²) in [5, 5.41) is 10.4. The number of nitrogens with one attached hydrogen (secondary N) is 1. The van der Waals surface area contributed by atoms with Gasteiger partial charge in [-0.15, -0.1) is 11.3 Å². The highest BCUT2D eigenvalue weighted by Gasteiger charge is 2.16. The quantitative estimate of drug-likeness (QED) is 0.875. The van der Waals surface area contributed by atoms with Crippen LogP contribution >= 0.6 is 11.3 Å². The third-order valence-corrected chi connectivity index (χ3v) is 5.18. The number of benzene rings is 1. The van der Waals surface area contributed by atoms with E-state index in [4.69, 9.17) is 5.26 Å². The molecule has 0 unspecified atom stereocenters. The van der Waals surface area contributed by atoms with Crippen molar-refractivity contribution in [1.82, 2.24) is 4.72 Å². The van der Waals surface area contributed by atoms with E-state index in [2.05, 4.69) is 0 Å². The number of hydrogen-bond acceptors (Lipinski definition) is 5. The molecule has 0 aliphatic rings. The van der Waals surface area contributed by atoms with Crippen LogP contribution in [0.1, 0.15) is 11.1 Å². The summed E-state index contributed by atoms with van der Waals surface area (Å²) in [6.45, 7) is 0. The van der Waals surface area contributed by atoms with E-state index in [0.717, 1.165) is 17.4 Å². The molecule has 1 aromatic carbocycles. The molecule has 0 aliphatic carbocycles. The zero-order chi connectivity index (χ0) is 15.3. The van der Waals surface area contributed by atoms with Crippen LogP contribution in [0, 0.1) is 11.3 Å². The Morgan fingerprint density at radius 3 is 2.76 bits per heavy atom. The maximum Gasteiger partial charge on any atom is 0.273 e. The summed E-state index contributed by atoms with van der Waals surface area (Å²) in [5.41, 5.74) is 1.10. The predicted octanol–water partition coefficient (Wildman–Crippen LogP) is 2.14. The van der Waals surface area contributed by atoms with Crippen LogP contribution < -0.4 is 4.72 Å². The van der Waals surface area contributed by atoms with E-state index in [1.54, 1.807) is 35.7 Å². The summed E-state index contributed by atoms with van der Waals surface area (Å²) >= 11 is 1.03. The van der Waals surface area contributed by atoms with Crippen LogP contribution in [0.15, 0.2) is 52.1 Å². The number of nitrogens with zero attached hydrogens (tertiary/aromatic N) is 1. The Hall–Kier alpha value is -2.43. The summed E-state index contributed by atoms with van der Waals surface area (Å²) in [6, 6.07) is 11.6. The van der Waals surface area contributed by atoms with Gasteiger partial charge in [-0.3, -0.25) is 4.79 Å². The van der Waals surface area contributed by atoms with Crippen molar-refractivity contribution in [3.05, 3.63) is 59.0 Å². The molecule has 1 amide bonds. The molecule has 0 spiro atoms. The van der Waals surface area contributed by atoms with Gasteiger partial charge in [0.05, 0.1) is 11.6 Å². The molecule has 7 heteroatoms. The molecule has 1 N–H and O–H groups in total. The first kappa shape index (κ1) is 15.0. The van der Waals surface area contributed by atoms with Gasteiger partial charge in [0.15, 0.2) is 0 Å². The summed E-state index contributed by atoms with van der Waals surface area (Å²) in [5.74, 6) is -0.745. The first-order valence-corrected chi connectivity index (χ1v) is 8.16. The molecule has 2 aromatic rings. The second kappa shape index (κ2) is 6.35. The first-order valence-electron chi connectivity index (χ1n) is 5.80. The lowest BCUT2D eigenvalue weighted by molar-refractivity contribution is -0.114. The highest BCUT2D eigenvalue weighted by atomic mass is 32.2. The second-order valence-electron chi connectivity index (χ2n) is 3.97. The number of thiophene rings is 1. The van der Waals surface area contributed by atoms with Crippen molar-refractivity contribution in [1.29, 1.82) is 5.26 Å². The van der Waals surface area contributed by atoms with Crippen molar-refractivity contribution in [2.75, 3.05) is 0 Å². The number of carbonyl (C=O) groups excluding carboxylic acids is 1. The average molecular weight is 318 g/mol. The van der Waals surface area contributed by atoms with E-state index in [-0.39, 0.29) is 4.21 Å². The molecule has 0 aliphatic heterocycles. The van der Waals surface area contributed by atoms with Crippen LogP contribution in [0.2, 0.25) is 0 Å². The molecule has 0 saturated heterocycles. The van der Waals surface area contributed by atoms with Gasteiger partial charge in [-0.1, -0.05) is 18.2 Å². The van der Waals surface area contributed by atoms with Gasteiger partial charge >= 0.3 is 0 Å². The highest BCUT2D eigenvalue weighted by Crippen LogP contribution is 2.15. The lowest BCUT2D eigenvalue weighted by atomic mass is 10.1. The molecular formula is C14H10N2O3S2. The molecule has 21 heavy (non-hydrogen) atoms. The number of nitriles is 1. The molecule has 0 bridgehead atoms. The monoisotopic (exact) mass is 318 g/mol. The maximum absolute atomic E-state index is 11.8. The van der Waals surface area contributed by atoms with Gasteiger partial charge in [-0.25, -0.2) is 13.1 Å². The molecule has 1 aromatic heterocycles. The molecular weight excluding hydrogens is 308 g/mol. The van der Waals surface area contributed by atoms with Gasteiger partial charge in [-0.05, 0) is 35.2 Å². The molecule has 0 saturated carbocycles. The van der Waals surface area contributed by atoms with Crippen molar-refractivity contribution in [2.24, 2.45) is 0 Å². The molecule has 0 atom stereocenters. The molecule has 5 nitrogen and oxygen atoms in total. The summed E-state index contributed by atoms with van der Waals surface area (Å²) in [7, 11) is -3.82. The van der Waals surface area contributed by atoms with Crippen molar-refractivity contribution in [3.63, 3.8) is 0 Å². The SMILES string of the molecule is N#Cc1cccc(/C=C/C(=O)NS(=O)(=O)c2cccs2)c1. The third kappa shape index (κ3) is 4.02. The fourth-order valence-corrected chi connectivity index (χ4v) is 3.45. The number of rotatable bonds is 4.